The summed E-state index contributed by atoms with van der Waals surface area (Å²) in [6, 6.07) is 12.1. The van der Waals surface area contributed by atoms with E-state index in [4.69, 9.17) is 27.9 Å². The Morgan fingerprint density at radius 1 is 1.15 bits per heavy atom. The molecular weight excluding hydrogens is 298 g/mol. The van der Waals surface area contributed by atoms with Crippen LogP contribution in [0.2, 0.25) is 5.02 Å². The molecule has 0 aliphatic heterocycles. The predicted octanol–water partition coefficient (Wildman–Crippen LogP) is 5.40. The topological polar surface area (TPSA) is 9.23 Å². The van der Waals surface area contributed by atoms with E-state index in [1.807, 2.05) is 31.2 Å². The van der Waals surface area contributed by atoms with E-state index in [0.29, 0.717) is 23.6 Å². The molecule has 1 atom stereocenters. The minimum Gasteiger partial charge on any atom is -0.494 e. The quantitative estimate of drug-likeness (QED) is 0.672. The van der Waals surface area contributed by atoms with Crippen molar-refractivity contribution in [2.24, 2.45) is 0 Å². The zero-order valence-electron chi connectivity index (χ0n) is 11.1. The second kappa shape index (κ2) is 6.96. The highest BCUT2D eigenvalue weighted by Gasteiger charge is 2.17. The van der Waals surface area contributed by atoms with Gasteiger partial charge in [-0.05, 0) is 31.5 Å². The fourth-order valence-corrected chi connectivity index (χ4v) is 2.62. The number of benzene rings is 2. The molecule has 1 nitrogen and oxygen atoms in total. The van der Waals surface area contributed by atoms with E-state index in [1.54, 1.807) is 12.1 Å². The number of alkyl halides is 1. The zero-order valence-corrected chi connectivity index (χ0v) is 12.6. The summed E-state index contributed by atoms with van der Waals surface area (Å²) in [5.74, 6) is 0.388. The molecule has 1 unspecified atom stereocenters. The SMILES string of the molecule is CCOc1ccccc1C(Cl)Cc1c(F)cccc1Cl. The van der Waals surface area contributed by atoms with E-state index in [9.17, 15) is 4.39 Å². The highest BCUT2D eigenvalue weighted by atomic mass is 35.5. The van der Waals surface area contributed by atoms with Crippen molar-refractivity contribution in [1.29, 1.82) is 0 Å². The molecule has 0 bridgehead atoms. The Morgan fingerprint density at radius 2 is 1.90 bits per heavy atom. The molecule has 0 aromatic heterocycles. The van der Waals surface area contributed by atoms with E-state index < -0.39 is 5.38 Å². The number of ether oxygens (including phenoxy) is 1. The van der Waals surface area contributed by atoms with Crippen LogP contribution in [0.3, 0.4) is 0 Å². The number of hydrogen-bond acceptors (Lipinski definition) is 1. The van der Waals surface area contributed by atoms with Crippen LogP contribution < -0.4 is 4.74 Å². The van der Waals surface area contributed by atoms with Crippen molar-refractivity contribution in [3.05, 3.63) is 64.4 Å². The Hall–Kier alpha value is -1.25. The van der Waals surface area contributed by atoms with Crippen molar-refractivity contribution in [1.82, 2.24) is 0 Å². The summed E-state index contributed by atoms with van der Waals surface area (Å²) in [6.07, 6.45) is 0.317. The zero-order chi connectivity index (χ0) is 14.5. The van der Waals surface area contributed by atoms with Crippen molar-refractivity contribution in [2.75, 3.05) is 6.61 Å². The van der Waals surface area contributed by atoms with Crippen molar-refractivity contribution in [3.8, 4) is 5.75 Å². The molecule has 20 heavy (non-hydrogen) atoms. The normalized spacial score (nSPS) is 12.2. The van der Waals surface area contributed by atoms with Crippen LogP contribution in [-0.2, 0) is 6.42 Å². The summed E-state index contributed by atoms with van der Waals surface area (Å²) >= 11 is 12.5. The third-order valence-electron chi connectivity index (χ3n) is 3.00. The average molecular weight is 313 g/mol. The standard InChI is InChI=1S/C16H15Cl2FO/c1-2-20-16-9-4-3-6-11(16)14(18)10-12-13(17)7-5-8-15(12)19/h3-9,14H,2,10H2,1H3. The summed E-state index contributed by atoms with van der Waals surface area (Å²) in [6.45, 7) is 2.47. The third kappa shape index (κ3) is 3.44. The summed E-state index contributed by atoms with van der Waals surface area (Å²) in [5, 5.41) is -0.00306. The second-order valence-corrected chi connectivity index (χ2v) is 5.28. The highest BCUT2D eigenvalue weighted by Crippen LogP contribution is 2.34. The number of hydrogen-bond donors (Lipinski definition) is 0. The van der Waals surface area contributed by atoms with Gasteiger partial charge in [0.25, 0.3) is 0 Å². The van der Waals surface area contributed by atoms with Crippen LogP contribution >= 0.6 is 23.2 Å². The molecule has 2 rings (SSSR count). The first kappa shape index (κ1) is 15.1. The van der Waals surface area contributed by atoms with E-state index >= 15 is 0 Å². The van der Waals surface area contributed by atoms with Crippen LogP contribution in [0.25, 0.3) is 0 Å². The smallest absolute Gasteiger partial charge is 0.127 e. The van der Waals surface area contributed by atoms with Crippen molar-refractivity contribution in [2.45, 2.75) is 18.7 Å². The molecule has 2 aromatic rings. The summed E-state index contributed by atoms with van der Waals surface area (Å²) < 4.78 is 19.3. The van der Waals surface area contributed by atoms with Crippen LogP contribution in [0, 0.1) is 5.82 Å². The van der Waals surface area contributed by atoms with E-state index in [2.05, 4.69) is 0 Å². The summed E-state index contributed by atoms with van der Waals surface area (Å²) in [5.41, 5.74) is 1.27. The van der Waals surface area contributed by atoms with Gasteiger partial charge in [0.1, 0.15) is 11.6 Å². The van der Waals surface area contributed by atoms with Gasteiger partial charge in [-0.25, -0.2) is 4.39 Å². The van der Waals surface area contributed by atoms with Gasteiger partial charge in [0.05, 0.1) is 12.0 Å². The lowest BCUT2D eigenvalue weighted by Gasteiger charge is -2.16. The Kier molecular flexibility index (Phi) is 5.27. The number of rotatable bonds is 5. The molecule has 0 N–H and O–H groups in total. The van der Waals surface area contributed by atoms with Gasteiger partial charge >= 0.3 is 0 Å². The Bertz CT molecular complexity index is 566. The molecular formula is C16H15Cl2FO. The Labute approximate surface area is 128 Å². The van der Waals surface area contributed by atoms with Gasteiger partial charge in [-0.3, -0.25) is 0 Å². The summed E-state index contributed by atoms with van der Waals surface area (Å²) in [7, 11) is 0. The van der Waals surface area contributed by atoms with Crippen molar-refractivity contribution >= 4 is 23.2 Å². The number of halogens is 3. The summed E-state index contributed by atoms with van der Waals surface area (Å²) in [4.78, 5) is 0. The van der Waals surface area contributed by atoms with Gasteiger partial charge in [-0.15, -0.1) is 11.6 Å². The van der Waals surface area contributed by atoms with E-state index in [1.165, 1.54) is 6.07 Å². The number of para-hydroxylation sites is 1. The maximum absolute atomic E-state index is 13.8. The molecule has 0 aliphatic carbocycles. The Balaban J connectivity index is 2.26. The van der Waals surface area contributed by atoms with E-state index in [0.717, 1.165) is 11.3 Å². The predicted molar refractivity (Wildman–Crippen MR) is 81.3 cm³/mol. The first-order chi connectivity index (χ1) is 9.63. The van der Waals surface area contributed by atoms with E-state index in [-0.39, 0.29) is 5.82 Å². The lowest BCUT2D eigenvalue weighted by Crippen LogP contribution is -2.03. The fourth-order valence-electron chi connectivity index (χ4n) is 2.04. The minimum absolute atomic E-state index is 0.317. The largest absolute Gasteiger partial charge is 0.494 e. The van der Waals surface area contributed by atoms with Gasteiger partial charge < -0.3 is 4.74 Å². The van der Waals surface area contributed by atoms with Crippen molar-refractivity contribution in [3.63, 3.8) is 0 Å². The maximum Gasteiger partial charge on any atom is 0.127 e. The molecule has 0 saturated heterocycles. The van der Waals surface area contributed by atoms with Crippen LogP contribution in [0.5, 0.6) is 5.75 Å². The van der Waals surface area contributed by atoms with Gasteiger partial charge in [-0.2, -0.15) is 0 Å². The molecule has 4 heteroatoms. The second-order valence-electron chi connectivity index (χ2n) is 4.34. The van der Waals surface area contributed by atoms with Crippen LogP contribution in [-0.4, -0.2) is 6.61 Å². The first-order valence-corrected chi connectivity index (χ1v) is 7.23. The molecule has 106 valence electrons. The van der Waals surface area contributed by atoms with Gasteiger partial charge in [0, 0.05) is 16.1 Å². The third-order valence-corrected chi connectivity index (χ3v) is 3.74. The first-order valence-electron chi connectivity index (χ1n) is 6.42. The minimum atomic E-state index is -0.396. The lowest BCUT2D eigenvalue weighted by molar-refractivity contribution is 0.336. The lowest BCUT2D eigenvalue weighted by atomic mass is 10.0. The van der Waals surface area contributed by atoms with Gasteiger partial charge in [0.2, 0.25) is 0 Å². The Morgan fingerprint density at radius 3 is 2.60 bits per heavy atom. The molecule has 0 fully saturated rings. The molecule has 0 aliphatic rings. The van der Waals surface area contributed by atoms with Crippen LogP contribution in [0.15, 0.2) is 42.5 Å². The molecule has 0 amide bonds. The van der Waals surface area contributed by atoms with Crippen LogP contribution in [0.1, 0.15) is 23.4 Å². The molecule has 0 heterocycles. The van der Waals surface area contributed by atoms with Gasteiger partial charge in [0.15, 0.2) is 0 Å². The van der Waals surface area contributed by atoms with Crippen molar-refractivity contribution < 1.29 is 9.13 Å². The average Bonchev–Trinajstić information content (AvgIpc) is 2.44. The molecule has 0 saturated carbocycles. The van der Waals surface area contributed by atoms with Crippen LogP contribution in [0.4, 0.5) is 4.39 Å². The maximum atomic E-state index is 13.8. The monoisotopic (exact) mass is 312 g/mol. The molecule has 2 aromatic carbocycles. The highest BCUT2D eigenvalue weighted by molar-refractivity contribution is 6.31. The molecule has 0 spiro atoms. The fraction of sp³-hybridized carbons (Fsp3) is 0.250. The van der Waals surface area contributed by atoms with Gasteiger partial charge in [-0.1, -0.05) is 35.9 Å². The molecule has 0 radical (unpaired) electrons.